The lowest BCUT2D eigenvalue weighted by Gasteiger charge is -2.37. The van der Waals surface area contributed by atoms with E-state index in [4.69, 9.17) is 9.47 Å². The molecule has 4 heterocycles. The summed E-state index contributed by atoms with van der Waals surface area (Å²) < 4.78 is 36.7. The summed E-state index contributed by atoms with van der Waals surface area (Å²) >= 11 is 0. The normalized spacial score (nSPS) is 23.2. The summed E-state index contributed by atoms with van der Waals surface area (Å²) in [6.07, 6.45) is 2.14. The van der Waals surface area contributed by atoms with Crippen LogP contribution in [-0.4, -0.2) is 150 Å². The van der Waals surface area contributed by atoms with Crippen LogP contribution in [0.3, 0.4) is 0 Å². The molecule has 15 heteroatoms. The number of hydrogen-bond donors (Lipinski definition) is 1. The first-order chi connectivity index (χ1) is 21.3. The number of carbonyl (C=O) groups excluding carboxylic acids is 4. The number of amides is 4. The molecule has 264 valence electrons. The third-order valence-corrected chi connectivity index (χ3v) is 10.5. The minimum atomic E-state index is -3.30. The first-order valence-electron chi connectivity index (χ1n) is 16.6. The highest BCUT2D eigenvalue weighted by molar-refractivity contribution is 7.89. The lowest BCUT2D eigenvalue weighted by molar-refractivity contribution is -0.137. The van der Waals surface area contributed by atoms with Crippen LogP contribution in [0.1, 0.15) is 81.1 Å². The Morgan fingerprint density at radius 2 is 1.04 bits per heavy atom. The van der Waals surface area contributed by atoms with Gasteiger partial charge in [-0.1, -0.05) is 0 Å². The van der Waals surface area contributed by atoms with Gasteiger partial charge >= 0.3 is 12.2 Å². The van der Waals surface area contributed by atoms with Crippen LogP contribution in [0.2, 0.25) is 0 Å². The Morgan fingerprint density at radius 1 is 0.652 bits per heavy atom. The fourth-order valence-corrected chi connectivity index (χ4v) is 7.16. The van der Waals surface area contributed by atoms with Crippen LogP contribution >= 0.6 is 0 Å². The van der Waals surface area contributed by atoms with Gasteiger partial charge in [-0.25, -0.2) is 18.0 Å². The molecule has 0 bridgehead atoms. The predicted molar refractivity (Wildman–Crippen MR) is 174 cm³/mol. The number of piperazine rings is 2. The maximum atomic E-state index is 12.9. The van der Waals surface area contributed by atoms with Crippen molar-refractivity contribution < 1.29 is 37.1 Å². The molecule has 4 aliphatic rings. The van der Waals surface area contributed by atoms with E-state index < -0.39 is 38.6 Å². The molecule has 0 aliphatic carbocycles. The number of nitrogens with zero attached hydrogens (tertiary/aromatic N) is 5. The van der Waals surface area contributed by atoms with Crippen LogP contribution in [0.5, 0.6) is 0 Å². The second kappa shape index (κ2) is 15.5. The Balaban J connectivity index is 0.000000259. The zero-order valence-electron chi connectivity index (χ0n) is 29.0. The summed E-state index contributed by atoms with van der Waals surface area (Å²) in [6.45, 7) is 19.7. The van der Waals surface area contributed by atoms with Crippen molar-refractivity contribution in [3.05, 3.63) is 0 Å². The fraction of sp³-hybridized carbons (Fsp3) is 0.871. The van der Waals surface area contributed by atoms with E-state index in [0.29, 0.717) is 45.7 Å². The standard InChI is InChI=1S/C17H31N3O5S.C14H25N3O3/c1-13(2)26(23,24)19-11-9-18(10-12-19)15(21)14-7-6-8-20(14)16(22)25-17(3,4)5;1-14(2,3)20-13(19)17-8-4-5-11(17)12(18)16-9-6-15-7-10-16/h13-14H,6-12H2,1-5H3;11,15H,4-10H2,1-3H3/t14-;11-/m00/s1. The van der Waals surface area contributed by atoms with Gasteiger partial charge in [-0.05, 0) is 81.1 Å². The van der Waals surface area contributed by atoms with E-state index in [1.165, 1.54) is 9.21 Å². The van der Waals surface area contributed by atoms with Crippen LogP contribution in [0.25, 0.3) is 0 Å². The summed E-state index contributed by atoms with van der Waals surface area (Å²) in [5.74, 6) is -0.0511. The number of nitrogens with one attached hydrogen (secondary N) is 1. The van der Waals surface area contributed by atoms with E-state index in [9.17, 15) is 27.6 Å². The Kier molecular flexibility index (Phi) is 12.7. The van der Waals surface area contributed by atoms with Crippen molar-refractivity contribution in [3.63, 3.8) is 0 Å². The Morgan fingerprint density at radius 3 is 1.41 bits per heavy atom. The summed E-state index contributed by atoms with van der Waals surface area (Å²) in [5.41, 5.74) is -1.13. The van der Waals surface area contributed by atoms with Gasteiger partial charge < -0.3 is 24.6 Å². The van der Waals surface area contributed by atoms with Crippen LogP contribution in [0.15, 0.2) is 0 Å². The first kappa shape index (κ1) is 37.8. The van der Waals surface area contributed by atoms with Crippen molar-refractivity contribution in [3.8, 4) is 0 Å². The van der Waals surface area contributed by atoms with Gasteiger partial charge in [-0.3, -0.25) is 19.4 Å². The molecule has 0 spiro atoms. The van der Waals surface area contributed by atoms with Gasteiger partial charge in [0, 0.05) is 65.4 Å². The molecule has 0 unspecified atom stereocenters. The van der Waals surface area contributed by atoms with Crippen molar-refractivity contribution in [2.24, 2.45) is 0 Å². The van der Waals surface area contributed by atoms with Gasteiger partial charge in [-0.15, -0.1) is 0 Å². The maximum absolute atomic E-state index is 12.9. The fourth-order valence-electron chi connectivity index (χ4n) is 5.89. The molecule has 4 saturated heterocycles. The summed E-state index contributed by atoms with van der Waals surface area (Å²) in [6, 6.07) is -0.860. The van der Waals surface area contributed by atoms with Gasteiger partial charge in [0.2, 0.25) is 21.8 Å². The predicted octanol–water partition coefficient (Wildman–Crippen LogP) is 2.09. The molecule has 0 aromatic rings. The zero-order chi connectivity index (χ0) is 34.4. The molecule has 0 saturated carbocycles. The van der Waals surface area contributed by atoms with Gasteiger partial charge in [0.25, 0.3) is 0 Å². The first-order valence-corrected chi connectivity index (χ1v) is 18.1. The van der Waals surface area contributed by atoms with Crippen molar-refractivity contribution in [2.75, 3.05) is 65.4 Å². The number of carbonyl (C=O) groups is 4. The van der Waals surface area contributed by atoms with E-state index in [0.717, 1.165) is 45.4 Å². The van der Waals surface area contributed by atoms with E-state index in [2.05, 4.69) is 5.32 Å². The Labute approximate surface area is 275 Å². The molecule has 4 amide bonds. The Hall–Kier alpha value is -2.65. The van der Waals surface area contributed by atoms with Gasteiger partial charge in [0.15, 0.2) is 0 Å². The van der Waals surface area contributed by atoms with E-state index in [1.807, 2.05) is 25.7 Å². The second-order valence-corrected chi connectivity index (χ2v) is 17.0. The molecule has 14 nitrogen and oxygen atoms in total. The molecule has 1 N–H and O–H groups in total. The summed E-state index contributed by atoms with van der Waals surface area (Å²) in [4.78, 5) is 56.6. The highest BCUT2D eigenvalue weighted by Crippen LogP contribution is 2.24. The molecule has 4 rings (SSSR count). The number of ether oxygens (including phenoxy) is 2. The molecule has 4 fully saturated rings. The molecule has 46 heavy (non-hydrogen) atoms. The smallest absolute Gasteiger partial charge is 0.410 e. The van der Waals surface area contributed by atoms with Crippen LogP contribution in [0.4, 0.5) is 9.59 Å². The third kappa shape index (κ3) is 10.2. The van der Waals surface area contributed by atoms with E-state index in [-0.39, 0.29) is 23.9 Å². The van der Waals surface area contributed by atoms with E-state index >= 15 is 0 Å². The molecule has 4 aliphatic heterocycles. The lowest BCUT2D eigenvalue weighted by atomic mass is 10.1. The maximum Gasteiger partial charge on any atom is 0.410 e. The molecule has 2 atom stereocenters. The largest absolute Gasteiger partial charge is 0.444 e. The van der Waals surface area contributed by atoms with Crippen LogP contribution < -0.4 is 5.32 Å². The number of hydrogen-bond acceptors (Lipinski definition) is 9. The van der Waals surface area contributed by atoms with Crippen molar-refractivity contribution >= 4 is 34.0 Å². The number of sulfonamides is 1. The molecular weight excluding hydrogens is 616 g/mol. The third-order valence-electron chi connectivity index (χ3n) is 8.27. The average molecular weight is 673 g/mol. The highest BCUT2D eigenvalue weighted by atomic mass is 32.2. The topological polar surface area (TPSA) is 149 Å². The van der Waals surface area contributed by atoms with Crippen LogP contribution in [0, 0.1) is 0 Å². The minimum absolute atomic E-state index is 0.0647. The zero-order valence-corrected chi connectivity index (χ0v) is 29.9. The number of rotatable bonds is 4. The van der Waals surface area contributed by atoms with Gasteiger partial charge in [0.1, 0.15) is 23.3 Å². The second-order valence-electron chi connectivity index (χ2n) is 14.6. The monoisotopic (exact) mass is 672 g/mol. The van der Waals surface area contributed by atoms with Crippen LogP contribution in [-0.2, 0) is 29.1 Å². The SMILES string of the molecule is CC(C)(C)OC(=O)N1CCC[C@H]1C(=O)N1CCNCC1.CC(C)S(=O)(=O)N1CCN(C(=O)[C@@H]2CCCN2C(=O)OC(C)(C)C)CC1. The van der Waals surface area contributed by atoms with Gasteiger partial charge in [-0.2, -0.15) is 4.31 Å². The van der Waals surface area contributed by atoms with E-state index in [1.54, 1.807) is 44.4 Å². The summed E-state index contributed by atoms with van der Waals surface area (Å²) in [5, 5.41) is 2.76. The van der Waals surface area contributed by atoms with Gasteiger partial charge in [0.05, 0.1) is 5.25 Å². The number of likely N-dealkylation sites (tertiary alicyclic amines) is 2. The summed E-state index contributed by atoms with van der Waals surface area (Å²) in [7, 11) is -3.30. The minimum Gasteiger partial charge on any atom is -0.444 e. The average Bonchev–Trinajstić information content (AvgIpc) is 3.66. The molecule has 0 aromatic heterocycles. The molecular formula is C31H56N6O8S. The van der Waals surface area contributed by atoms with Crippen molar-refractivity contribution in [1.29, 1.82) is 0 Å². The Bertz CT molecular complexity index is 1180. The quantitative estimate of drug-likeness (QED) is 0.474. The lowest BCUT2D eigenvalue weighted by Crippen LogP contribution is -2.56. The van der Waals surface area contributed by atoms with Crippen molar-refractivity contribution in [1.82, 2.24) is 29.2 Å². The molecule has 0 radical (unpaired) electrons. The van der Waals surface area contributed by atoms with Crippen molar-refractivity contribution in [2.45, 2.75) is 110 Å². The highest BCUT2D eigenvalue weighted by Gasteiger charge is 2.41. The molecule has 0 aromatic carbocycles.